The summed E-state index contributed by atoms with van der Waals surface area (Å²) in [5, 5.41) is 3.41. The van der Waals surface area contributed by atoms with Crippen molar-refractivity contribution < 1.29 is 18.0 Å². The second-order valence-corrected chi connectivity index (χ2v) is 4.92. The average molecular weight is 263 g/mol. The van der Waals surface area contributed by atoms with E-state index in [0.717, 1.165) is 0 Å². The number of rotatable bonds is 1. The van der Waals surface area contributed by atoms with Crippen molar-refractivity contribution in [1.82, 2.24) is 4.90 Å². The monoisotopic (exact) mass is 263 g/mol. The van der Waals surface area contributed by atoms with Gasteiger partial charge in [0, 0.05) is 18.5 Å². The lowest BCUT2D eigenvalue weighted by Crippen LogP contribution is -2.44. The molecule has 2 heterocycles. The predicted octanol–water partition coefficient (Wildman–Crippen LogP) is 3.16. The van der Waals surface area contributed by atoms with Gasteiger partial charge in [-0.15, -0.1) is 0 Å². The van der Waals surface area contributed by atoms with E-state index >= 15 is 0 Å². The van der Waals surface area contributed by atoms with Crippen LogP contribution in [0.25, 0.3) is 0 Å². The smallest absolute Gasteiger partial charge is 0.338 e. The van der Waals surface area contributed by atoms with Crippen LogP contribution >= 0.6 is 11.3 Å². The number of amides is 1. The number of alkyl halides is 3. The van der Waals surface area contributed by atoms with Gasteiger partial charge >= 0.3 is 6.18 Å². The molecule has 0 radical (unpaired) electrons. The lowest BCUT2D eigenvalue weighted by molar-refractivity contribution is -0.184. The van der Waals surface area contributed by atoms with E-state index < -0.39 is 12.1 Å². The summed E-state index contributed by atoms with van der Waals surface area (Å²) in [6, 6.07) is 1.64. The molecule has 2 nitrogen and oxygen atoms in total. The number of halogens is 3. The molecule has 94 valence electrons. The van der Waals surface area contributed by atoms with Gasteiger partial charge in [0.15, 0.2) is 0 Å². The van der Waals surface area contributed by atoms with E-state index in [4.69, 9.17) is 0 Å². The molecule has 0 N–H and O–H groups in total. The Balaban J connectivity index is 2.05. The van der Waals surface area contributed by atoms with Crippen LogP contribution in [0.2, 0.25) is 0 Å². The van der Waals surface area contributed by atoms with E-state index in [-0.39, 0.29) is 18.9 Å². The molecule has 1 aliphatic heterocycles. The molecule has 1 unspecified atom stereocenters. The van der Waals surface area contributed by atoms with Crippen LogP contribution in [-0.4, -0.2) is 30.1 Å². The van der Waals surface area contributed by atoms with Crippen molar-refractivity contribution in [1.29, 1.82) is 0 Å². The van der Waals surface area contributed by atoms with Gasteiger partial charge in [0.2, 0.25) is 0 Å². The maximum Gasteiger partial charge on any atom is 0.393 e. The molecule has 1 atom stereocenters. The first-order valence-electron chi connectivity index (χ1n) is 5.36. The van der Waals surface area contributed by atoms with Crippen LogP contribution in [0.3, 0.4) is 0 Å². The average Bonchev–Trinajstić information content (AvgIpc) is 2.80. The van der Waals surface area contributed by atoms with E-state index in [9.17, 15) is 18.0 Å². The SMILES string of the molecule is O=C(c1ccsc1)N1CCCC(C(F)(F)F)C1. The topological polar surface area (TPSA) is 20.3 Å². The number of carbonyl (C=O) groups excluding carboxylic acids is 1. The van der Waals surface area contributed by atoms with E-state index in [1.807, 2.05) is 0 Å². The van der Waals surface area contributed by atoms with E-state index in [1.54, 1.807) is 16.8 Å². The van der Waals surface area contributed by atoms with Gasteiger partial charge in [0.25, 0.3) is 5.91 Å². The fourth-order valence-electron chi connectivity index (χ4n) is 2.00. The molecule has 0 aromatic carbocycles. The molecular weight excluding hydrogens is 251 g/mol. The third kappa shape index (κ3) is 2.80. The largest absolute Gasteiger partial charge is 0.393 e. The molecule has 1 fully saturated rings. The molecule has 1 amide bonds. The lowest BCUT2D eigenvalue weighted by Gasteiger charge is -2.33. The summed E-state index contributed by atoms with van der Waals surface area (Å²) < 4.78 is 37.8. The fraction of sp³-hybridized carbons (Fsp3) is 0.545. The van der Waals surface area contributed by atoms with Crippen LogP contribution < -0.4 is 0 Å². The van der Waals surface area contributed by atoms with Crippen LogP contribution in [0.1, 0.15) is 23.2 Å². The molecule has 6 heteroatoms. The van der Waals surface area contributed by atoms with E-state index in [1.165, 1.54) is 16.2 Å². The van der Waals surface area contributed by atoms with E-state index in [2.05, 4.69) is 0 Å². The summed E-state index contributed by atoms with van der Waals surface area (Å²) >= 11 is 1.37. The Kier molecular flexibility index (Phi) is 3.42. The molecular formula is C11H12F3NOS. The van der Waals surface area contributed by atoms with E-state index in [0.29, 0.717) is 18.5 Å². The van der Waals surface area contributed by atoms with Crippen molar-refractivity contribution in [2.24, 2.45) is 5.92 Å². The zero-order chi connectivity index (χ0) is 12.5. The zero-order valence-corrected chi connectivity index (χ0v) is 9.85. The van der Waals surface area contributed by atoms with Crippen LogP contribution in [0.5, 0.6) is 0 Å². The molecule has 2 rings (SSSR count). The summed E-state index contributed by atoms with van der Waals surface area (Å²) in [4.78, 5) is 13.2. The minimum atomic E-state index is -4.20. The number of carbonyl (C=O) groups is 1. The van der Waals surface area contributed by atoms with Crippen molar-refractivity contribution in [2.45, 2.75) is 19.0 Å². The lowest BCUT2D eigenvalue weighted by atomic mass is 9.97. The second kappa shape index (κ2) is 4.68. The number of hydrogen-bond donors (Lipinski definition) is 0. The van der Waals surface area contributed by atoms with Crippen LogP contribution in [-0.2, 0) is 0 Å². The summed E-state index contributed by atoms with van der Waals surface area (Å²) in [5.74, 6) is -1.67. The first-order chi connectivity index (χ1) is 7.98. The van der Waals surface area contributed by atoms with Crippen LogP contribution in [0.15, 0.2) is 16.8 Å². The summed E-state index contributed by atoms with van der Waals surface area (Å²) in [5.41, 5.74) is 0.484. The highest BCUT2D eigenvalue weighted by molar-refractivity contribution is 7.08. The third-order valence-corrected chi connectivity index (χ3v) is 3.62. The summed E-state index contributed by atoms with van der Waals surface area (Å²) in [6.45, 7) is 0.208. The highest BCUT2D eigenvalue weighted by Crippen LogP contribution is 2.33. The van der Waals surface area contributed by atoms with Gasteiger partial charge in [-0.05, 0) is 24.3 Å². The predicted molar refractivity (Wildman–Crippen MR) is 59.0 cm³/mol. The second-order valence-electron chi connectivity index (χ2n) is 4.14. The minimum absolute atomic E-state index is 0.122. The Morgan fingerprint density at radius 1 is 1.47 bits per heavy atom. The van der Waals surface area contributed by atoms with Gasteiger partial charge in [-0.25, -0.2) is 0 Å². The standard InChI is InChI=1S/C11H12F3NOS/c12-11(13,14)9-2-1-4-15(6-9)10(16)8-3-5-17-7-8/h3,5,7,9H,1-2,4,6H2. The molecule has 0 spiro atoms. The molecule has 1 aliphatic rings. The first kappa shape index (κ1) is 12.4. The molecule has 1 aromatic heterocycles. The van der Waals surface area contributed by atoms with Gasteiger partial charge in [-0.2, -0.15) is 24.5 Å². The molecule has 17 heavy (non-hydrogen) atoms. The zero-order valence-electron chi connectivity index (χ0n) is 9.04. The van der Waals surface area contributed by atoms with Gasteiger partial charge < -0.3 is 4.90 Å². The van der Waals surface area contributed by atoms with Gasteiger partial charge in [-0.1, -0.05) is 0 Å². The number of likely N-dealkylation sites (tertiary alicyclic amines) is 1. The molecule has 1 saturated heterocycles. The Labute approximate surface area is 101 Å². The minimum Gasteiger partial charge on any atom is -0.338 e. The third-order valence-electron chi connectivity index (χ3n) is 2.94. The maximum absolute atomic E-state index is 12.6. The van der Waals surface area contributed by atoms with Crippen LogP contribution in [0, 0.1) is 5.92 Å². The summed E-state index contributed by atoms with van der Waals surface area (Å²) in [6.07, 6.45) is -3.66. The van der Waals surface area contributed by atoms with Gasteiger partial charge in [0.1, 0.15) is 0 Å². The Morgan fingerprint density at radius 2 is 2.24 bits per heavy atom. The quantitative estimate of drug-likeness (QED) is 0.762. The van der Waals surface area contributed by atoms with Crippen molar-refractivity contribution >= 4 is 17.2 Å². The number of piperidine rings is 1. The van der Waals surface area contributed by atoms with Crippen LogP contribution in [0.4, 0.5) is 13.2 Å². The summed E-state index contributed by atoms with van der Waals surface area (Å²) in [7, 11) is 0. The highest BCUT2D eigenvalue weighted by atomic mass is 32.1. The van der Waals surface area contributed by atoms with Crippen molar-refractivity contribution in [3.63, 3.8) is 0 Å². The normalized spacial score (nSPS) is 21.6. The Bertz CT molecular complexity index is 388. The maximum atomic E-state index is 12.6. The van der Waals surface area contributed by atoms with Gasteiger partial charge in [0.05, 0.1) is 11.5 Å². The highest BCUT2D eigenvalue weighted by Gasteiger charge is 2.42. The van der Waals surface area contributed by atoms with Crippen molar-refractivity contribution in [3.8, 4) is 0 Å². The Hall–Kier alpha value is -1.04. The number of nitrogens with zero attached hydrogens (tertiary/aromatic N) is 1. The van der Waals surface area contributed by atoms with Crippen molar-refractivity contribution in [3.05, 3.63) is 22.4 Å². The molecule has 1 aromatic rings. The molecule has 0 bridgehead atoms. The number of thiophene rings is 1. The molecule has 0 aliphatic carbocycles. The first-order valence-corrected chi connectivity index (χ1v) is 6.31. The van der Waals surface area contributed by atoms with Gasteiger partial charge in [-0.3, -0.25) is 4.79 Å². The van der Waals surface area contributed by atoms with Crippen molar-refractivity contribution in [2.75, 3.05) is 13.1 Å². The fourth-order valence-corrected chi connectivity index (χ4v) is 2.63. The molecule has 0 saturated carbocycles. The Morgan fingerprint density at radius 3 is 2.82 bits per heavy atom. The number of hydrogen-bond acceptors (Lipinski definition) is 2.